The van der Waals surface area contributed by atoms with Gasteiger partial charge in [-0.15, -0.1) is 0 Å². The molecule has 3 aromatic carbocycles. The van der Waals surface area contributed by atoms with E-state index in [9.17, 15) is 9.18 Å². The van der Waals surface area contributed by atoms with Crippen molar-refractivity contribution in [2.45, 2.75) is 5.92 Å². The van der Waals surface area contributed by atoms with Crippen molar-refractivity contribution in [3.05, 3.63) is 89.2 Å². The van der Waals surface area contributed by atoms with E-state index in [1.165, 1.54) is 30.4 Å². The van der Waals surface area contributed by atoms with Crippen LogP contribution < -0.4 is 10.1 Å². The number of nitrogens with one attached hydrogen (secondary N) is 1. The van der Waals surface area contributed by atoms with E-state index in [4.69, 9.17) is 9.47 Å². The predicted molar refractivity (Wildman–Crippen MR) is 113 cm³/mol. The molecule has 0 bridgehead atoms. The van der Waals surface area contributed by atoms with E-state index in [2.05, 4.69) is 41.4 Å². The lowest BCUT2D eigenvalue weighted by molar-refractivity contribution is 0.144. The molecule has 0 unspecified atom stereocenters. The first-order chi connectivity index (χ1) is 14.7. The van der Waals surface area contributed by atoms with Crippen LogP contribution in [0.15, 0.2) is 66.7 Å². The number of amides is 1. The minimum atomic E-state index is -0.539. The molecule has 0 fully saturated rings. The molecule has 3 aromatic rings. The van der Waals surface area contributed by atoms with Crippen LogP contribution in [0.25, 0.3) is 11.1 Å². The van der Waals surface area contributed by atoms with Crippen molar-refractivity contribution in [3.63, 3.8) is 0 Å². The van der Waals surface area contributed by atoms with Gasteiger partial charge in [0.25, 0.3) is 0 Å². The number of halogens is 1. The number of benzene rings is 3. The smallest absolute Gasteiger partial charge is 0.407 e. The summed E-state index contributed by atoms with van der Waals surface area (Å²) in [5.74, 6) is 5.56. The van der Waals surface area contributed by atoms with Crippen molar-refractivity contribution in [1.82, 2.24) is 5.32 Å². The molecule has 1 aliphatic carbocycles. The van der Waals surface area contributed by atoms with Crippen molar-refractivity contribution in [2.75, 3.05) is 20.3 Å². The lowest BCUT2D eigenvalue weighted by Crippen LogP contribution is -2.26. The number of alkyl carbamates (subject to hydrolysis) is 1. The molecule has 4 nitrogen and oxygen atoms in total. The predicted octanol–water partition coefficient (Wildman–Crippen LogP) is 4.72. The Hall–Kier alpha value is -3.78. The number of methoxy groups -OCH3 is 1. The van der Waals surface area contributed by atoms with Gasteiger partial charge in [-0.05, 0) is 34.4 Å². The summed E-state index contributed by atoms with van der Waals surface area (Å²) in [5.41, 5.74) is 5.15. The molecule has 1 N–H and O–H groups in total. The topological polar surface area (TPSA) is 47.6 Å². The maximum Gasteiger partial charge on any atom is 0.407 e. The molecule has 30 heavy (non-hydrogen) atoms. The number of ether oxygens (including phenoxy) is 2. The van der Waals surface area contributed by atoms with Gasteiger partial charge in [0.1, 0.15) is 18.2 Å². The SMILES string of the molecule is COc1cc(F)cc(C#CCNC(=O)OCC2c3ccccc3-c3ccccc32)c1. The van der Waals surface area contributed by atoms with Crippen LogP contribution in [0.1, 0.15) is 22.6 Å². The quantitative estimate of drug-likeness (QED) is 0.644. The van der Waals surface area contributed by atoms with Gasteiger partial charge >= 0.3 is 6.09 Å². The zero-order valence-electron chi connectivity index (χ0n) is 16.4. The van der Waals surface area contributed by atoms with E-state index in [0.717, 1.165) is 11.1 Å². The fourth-order valence-electron chi connectivity index (χ4n) is 3.66. The van der Waals surface area contributed by atoms with Gasteiger partial charge in [0, 0.05) is 17.5 Å². The van der Waals surface area contributed by atoms with Crippen LogP contribution >= 0.6 is 0 Å². The summed E-state index contributed by atoms with van der Waals surface area (Å²) in [6.07, 6.45) is -0.539. The first kappa shape index (κ1) is 19.5. The van der Waals surface area contributed by atoms with Gasteiger partial charge in [-0.25, -0.2) is 9.18 Å². The van der Waals surface area contributed by atoms with Gasteiger partial charge in [-0.2, -0.15) is 0 Å². The molecule has 5 heteroatoms. The summed E-state index contributed by atoms with van der Waals surface area (Å²) < 4.78 is 23.9. The first-order valence-electron chi connectivity index (χ1n) is 9.58. The van der Waals surface area contributed by atoms with Gasteiger partial charge in [0.2, 0.25) is 0 Å². The highest BCUT2D eigenvalue weighted by molar-refractivity contribution is 5.79. The molecule has 0 aliphatic heterocycles. The van der Waals surface area contributed by atoms with E-state index >= 15 is 0 Å². The number of rotatable bonds is 4. The Morgan fingerprint density at radius 3 is 2.37 bits per heavy atom. The average Bonchev–Trinajstić information content (AvgIpc) is 3.09. The van der Waals surface area contributed by atoms with Crippen molar-refractivity contribution in [2.24, 2.45) is 0 Å². The van der Waals surface area contributed by atoms with Gasteiger partial charge < -0.3 is 14.8 Å². The van der Waals surface area contributed by atoms with Crippen LogP contribution in [0.5, 0.6) is 5.75 Å². The molecule has 0 saturated carbocycles. The zero-order chi connectivity index (χ0) is 20.9. The minimum absolute atomic E-state index is 0.00833. The normalized spacial score (nSPS) is 11.7. The van der Waals surface area contributed by atoms with Crippen molar-refractivity contribution < 1.29 is 18.7 Å². The molecule has 0 saturated heterocycles. The summed E-state index contributed by atoms with van der Waals surface area (Å²) in [5, 5.41) is 2.61. The summed E-state index contributed by atoms with van der Waals surface area (Å²) >= 11 is 0. The van der Waals surface area contributed by atoms with Gasteiger partial charge in [-0.1, -0.05) is 60.4 Å². The summed E-state index contributed by atoms with van der Waals surface area (Å²) in [6, 6.07) is 20.5. The lowest BCUT2D eigenvalue weighted by atomic mass is 9.98. The second kappa shape index (κ2) is 8.71. The Kier molecular flexibility index (Phi) is 5.67. The van der Waals surface area contributed by atoms with Crippen molar-refractivity contribution >= 4 is 6.09 Å². The Balaban J connectivity index is 1.35. The molecule has 1 amide bonds. The molecule has 4 rings (SSSR count). The van der Waals surface area contributed by atoms with Crippen LogP contribution in [-0.4, -0.2) is 26.4 Å². The Labute approximate surface area is 174 Å². The Bertz CT molecular complexity index is 1100. The first-order valence-corrected chi connectivity index (χ1v) is 9.58. The Morgan fingerprint density at radius 2 is 1.70 bits per heavy atom. The highest BCUT2D eigenvalue weighted by atomic mass is 19.1. The molecule has 150 valence electrons. The highest BCUT2D eigenvalue weighted by Gasteiger charge is 2.28. The molecule has 0 aromatic heterocycles. The highest BCUT2D eigenvalue weighted by Crippen LogP contribution is 2.44. The molecule has 0 atom stereocenters. The number of carbonyl (C=O) groups is 1. The van der Waals surface area contributed by atoms with Crippen molar-refractivity contribution in [1.29, 1.82) is 0 Å². The lowest BCUT2D eigenvalue weighted by Gasteiger charge is -2.14. The largest absolute Gasteiger partial charge is 0.497 e. The maximum atomic E-state index is 13.5. The summed E-state index contributed by atoms with van der Waals surface area (Å²) in [6.45, 7) is 0.337. The monoisotopic (exact) mass is 401 g/mol. The molecular weight excluding hydrogens is 381 g/mol. The van der Waals surface area contributed by atoms with Gasteiger partial charge in [0.05, 0.1) is 13.7 Å². The van der Waals surface area contributed by atoms with Gasteiger partial charge in [-0.3, -0.25) is 0 Å². The molecule has 0 radical (unpaired) electrons. The van der Waals surface area contributed by atoms with E-state index in [1.807, 2.05) is 24.3 Å². The fourth-order valence-corrected chi connectivity index (χ4v) is 3.66. The van der Waals surface area contributed by atoms with E-state index in [-0.39, 0.29) is 19.1 Å². The number of hydrogen-bond donors (Lipinski definition) is 1. The third-order valence-corrected chi connectivity index (χ3v) is 5.00. The van der Waals surface area contributed by atoms with Crippen LogP contribution in [0.4, 0.5) is 9.18 Å². The number of hydrogen-bond acceptors (Lipinski definition) is 3. The van der Waals surface area contributed by atoms with Gasteiger partial charge in [0.15, 0.2) is 0 Å². The number of carbonyl (C=O) groups excluding carboxylic acids is 1. The van der Waals surface area contributed by atoms with Crippen LogP contribution in [0.3, 0.4) is 0 Å². The second-order valence-electron chi connectivity index (χ2n) is 6.86. The van der Waals surface area contributed by atoms with E-state index in [1.54, 1.807) is 6.07 Å². The van der Waals surface area contributed by atoms with E-state index in [0.29, 0.717) is 11.3 Å². The number of fused-ring (bicyclic) bond motifs is 3. The molecule has 0 heterocycles. The van der Waals surface area contributed by atoms with Crippen LogP contribution in [-0.2, 0) is 4.74 Å². The summed E-state index contributed by atoms with van der Waals surface area (Å²) in [4.78, 5) is 12.1. The fraction of sp³-hybridized carbons (Fsp3) is 0.160. The summed E-state index contributed by atoms with van der Waals surface area (Å²) in [7, 11) is 1.46. The minimum Gasteiger partial charge on any atom is -0.497 e. The average molecular weight is 401 g/mol. The molecule has 0 spiro atoms. The third-order valence-electron chi connectivity index (χ3n) is 5.00. The van der Waals surface area contributed by atoms with E-state index < -0.39 is 11.9 Å². The zero-order valence-corrected chi connectivity index (χ0v) is 16.4. The molecular formula is C25H20FNO3. The van der Waals surface area contributed by atoms with Crippen molar-refractivity contribution in [3.8, 4) is 28.7 Å². The molecule has 1 aliphatic rings. The second-order valence-corrected chi connectivity index (χ2v) is 6.86. The third kappa shape index (κ3) is 4.13. The Morgan fingerprint density at radius 1 is 1.03 bits per heavy atom. The van der Waals surface area contributed by atoms with Crippen LogP contribution in [0, 0.1) is 17.7 Å². The maximum absolute atomic E-state index is 13.5. The van der Waals surface area contributed by atoms with Crippen LogP contribution in [0.2, 0.25) is 0 Å². The standard InChI is InChI=1S/C25H20FNO3/c1-29-19-14-17(13-18(26)15-19)7-6-12-27-25(28)30-16-24-22-10-4-2-8-20(22)21-9-3-5-11-23(21)24/h2-5,8-11,13-15,24H,12,16H2,1H3,(H,27,28).